The van der Waals surface area contributed by atoms with Gasteiger partial charge in [-0.3, -0.25) is 0 Å². The fraction of sp³-hybridized carbons (Fsp3) is 0.250. The molecule has 0 amide bonds. The number of rotatable bonds is 4. The normalized spacial score (nSPS) is 10.7. The summed E-state index contributed by atoms with van der Waals surface area (Å²) < 4.78 is 8.93. The molecular formula is C12H13BrN2OS. The standard InChI is InChI=1S/C12H13BrN2OS/c1-16-7-6-15-11(8-14-12(15)17)9-2-4-10(13)5-3-9/h2-5,8H,6-7H2,1H3,(H,14,17). The van der Waals surface area contributed by atoms with Gasteiger partial charge in [-0.2, -0.15) is 0 Å². The molecule has 0 fully saturated rings. The van der Waals surface area contributed by atoms with Gasteiger partial charge in [0.1, 0.15) is 0 Å². The van der Waals surface area contributed by atoms with E-state index in [0.717, 1.165) is 27.0 Å². The molecule has 17 heavy (non-hydrogen) atoms. The molecule has 0 atom stereocenters. The number of aromatic amines is 1. The van der Waals surface area contributed by atoms with Crippen molar-refractivity contribution in [2.75, 3.05) is 13.7 Å². The SMILES string of the molecule is COCCn1c(-c2ccc(Br)cc2)c[nH]c1=S. The first-order valence-electron chi connectivity index (χ1n) is 5.25. The molecule has 1 aromatic carbocycles. The molecule has 0 aliphatic heterocycles. The summed E-state index contributed by atoms with van der Waals surface area (Å²) in [5.74, 6) is 0. The van der Waals surface area contributed by atoms with Gasteiger partial charge in [-0.05, 0) is 29.9 Å². The number of nitrogens with one attached hydrogen (secondary N) is 1. The van der Waals surface area contributed by atoms with Gasteiger partial charge in [-0.1, -0.05) is 28.1 Å². The van der Waals surface area contributed by atoms with E-state index < -0.39 is 0 Å². The van der Waals surface area contributed by atoms with Crippen molar-refractivity contribution in [3.63, 3.8) is 0 Å². The Kier molecular flexibility index (Phi) is 4.15. The predicted molar refractivity (Wildman–Crippen MR) is 74.6 cm³/mol. The lowest BCUT2D eigenvalue weighted by molar-refractivity contribution is 0.187. The van der Waals surface area contributed by atoms with E-state index in [2.05, 4.69) is 33.0 Å². The molecule has 0 radical (unpaired) electrons. The van der Waals surface area contributed by atoms with E-state index in [0.29, 0.717) is 6.61 Å². The van der Waals surface area contributed by atoms with Crippen LogP contribution < -0.4 is 0 Å². The summed E-state index contributed by atoms with van der Waals surface area (Å²) in [7, 11) is 1.69. The highest BCUT2D eigenvalue weighted by Gasteiger charge is 2.06. The van der Waals surface area contributed by atoms with Gasteiger partial charge in [0.15, 0.2) is 4.77 Å². The van der Waals surface area contributed by atoms with Crippen molar-refractivity contribution in [2.24, 2.45) is 0 Å². The van der Waals surface area contributed by atoms with Gasteiger partial charge in [0.05, 0.1) is 12.3 Å². The number of ether oxygens (including phenoxy) is 1. The molecule has 2 aromatic rings. The number of imidazole rings is 1. The second kappa shape index (κ2) is 5.62. The van der Waals surface area contributed by atoms with Crippen LogP contribution in [0.1, 0.15) is 0 Å². The fourth-order valence-corrected chi connectivity index (χ4v) is 2.17. The monoisotopic (exact) mass is 312 g/mol. The Morgan fingerprint density at radius 1 is 1.35 bits per heavy atom. The van der Waals surface area contributed by atoms with Crippen LogP contribution >= 0.6 is 28.1 Å². The van der Waals surface area contributed by atoms with E-state index in [4.69, 9.17) is 17.0 Å². The molecule has 2 rings (SSSR count). The highest BCUT2D eigenvalue weighted by molar-refractivity contribution is 9.10. The molecule has 0 bridgehead atoms. The molecule has 5 heteroatoms. The van der Waals surface area contributed by atoms with E-state index in [-0.39, 0.29) is 0 Å². The molecule has 1 aromatic heterocycles. The maximum atomic E-state index is 5.25. The molecular weight excluding hydrogens is 300 g/mol. The zero-order valence-corrected chi connectivity index (χ0v) is 11.8. The molecule has 0 unspecified atom stereocenters. The van der Waals surface area contributed by atoms with Crippen LogP contribution in [0.3, 0.4) is 0 Å². The summed E-state index contributed by atoms with van der Waals surface area (Å²) in [5.41, 5.74) is 2.22. The number of hydrogen-bond donors (Lipinski definition) is 1. The molecule has 0 aliphatic rings. The summed E-state index contributed by atoms with van der Waals surface area (Å²) in [4.78, 5) is 3.07. The van der Waals surface area contributed by atoms with E-state index in [1.165, 1.54) is 0 Å². The molecule has 0 saturated heterocycles. The third kappa shape index (κ3) is 2.86. The van der Waals surface area contributed by atoms with Gasteiger partial charge in [0, 0.05) is 24.3 Å². The van der Waals surface area contributed by atoms with E-state index in [9.17, 15) is 0 Å². The molecule has 90 valence electrons. The van der Waals surface area contributed by atoms with Crippen molar-refractivity contribution in [1.29, 1.82) is 0 Å². The number of H-pyrrole nitrogens is 1. The minimum absolute atomic E-state index is 0.649. The van der Waals surface area contributed by atoms with Crippen molar-refractivity contribution in [3.05, 3.63) is 39.7 Å². The Labute approximate surface area is 114 Å². The highest BCUT2D eigenvalue weighted by Crippen LogP contribution is 2.21. The Balaban J connectivity index is 2.38. The third-order valence-corrected chi connectivity index (χ3v) is 3.39. The number of hydrogen-bond acceptors (Lipinski definition) is 2. The van der Waals surface area contributed by atoms with Crippen LogP contribution in [0.2, 0.25) is 0 Å². The fourth-order valence-electron chi connectivity index (χ4n) is 1.66. The predicted octanol–water partition coefficient (Wildman–Crippen LogP) is 3.62. The van der Waals surface area contributed by atoms with Gasteiger partial charge in [-0.25, -0.2) is 0 Å². The van der Waals surface area contributed by atoms with Crippen molar-refractivity contribution in [3.8, 4) is 11.3 Å². The van der Waals surface area contributed by atoms with Gasteiger partial charge < -0.3 is 14.3 Å². The first-order valence-corrected chi connectivity index (χ1v) is 6.45. The minimum atomic E-state index is 0.649. The highest BCUT2D eigenvalue weighted by atomic mass is 79.9. The van der Waals surface area contributed by atoms with Gasteiger partial charge in [-0.15, -0.1) is 0 Å². The minimum Gasteiger partial charge on any atom is -0.383 e. The lowest BCUT2D eigenvalue weighted by Crippen LogP contribution is -2.05. The summed E-state index contributed by atoms with van der Waals surface area (Å²) in [6.07, 6.45) is 1.93. The Morgan fingerprint density at radius 2 is 2.06 bits per heavy atom. The van der Waals surface area contributed by atoms with Crippen molar-refractivity contribution < 1.29 is 4.74 Å². The quantitative estimate of drug-likeness (QED) is 0.874. The van der Waals surface area contributed by atoms with Crippen LogP contribution in [-0.2, 0) is 11.3 Å². The summed E-state index contributed by atoms with van der Waals surface area (Å²) in [6, 6.07) is 8.16. The smallest absolute Gasteiger partial charge is 0.177 e. The first kappa shape index (κ1) is 12.5. The van der Waals surface area contributed by atoms with Crippen LogP contribution in [0.15, 0.2) is 34.9 Å². The third-order valence-electron chi connectivity index (χ3n) is 2.53. The van der Waals surface area contributed by atoms with Crippen molar-refractivity contribution in [2.45, 2.75) is 6.54 Å². The number of nitrogens with zero attached hydrogens (tertiary/aromatic N) is 1. The zero-order valence-electron chi connectivity index (χ0n) is 9.44. The largest absolute Gasteiger partial charge is 0.383 e. The molecule has 0 aliphatic carbocycles. The van der Waals surface area contributed by atoms with Crippen LogP contribution in [0.25, 0.3) is 11.3 Å². The number of aromatic nitrogens is 2. The summed E-state index contributed by atoms with van der Waals surface area (Å²) in [5, 5.41) is 0. The van der Waals surface area contributed by atoms with E-state index >= 15 is 0 Å². The molecule has 0 saturated carbocycles. The Bertz CT molecular complexity index is 544. The molecule has 1 N–H and O–H groups in total. The summed E-state index contributed by atoms with van der Waals surface area (Å²) in [6.45, 7) is 1.40. The second-order valence-corrected chi connectivity index (χ2v) is 4.93. The molecule has 0 spiro atoms. The number of methoxy groups -OCH3 is 1. The van der Waals surface area contributed by atoms with Crippen LogP contribution in [0.5, 0.6) is 0 Å². The first-order chi connectivity index (χ1) is 8.22. The number of halogens is 1. The molecule has 3 nitrogen and oxygen atoms in total. The Hall–Kier alpha value is -0.910. The average molecular weight is 313 g/mol. The second-order valence-electron chi connectivity index (χ2n) is 3.63. The van der Waals surface area contributed by atoms with Crippen molar-refractivity contribution in [1.82, 2.24) is 9.55 Å². The van der Waals surface area contributed by atoms with Crippen LogP contribution in [0.4, 0.5) is 0 Å². The van der Waals surface area contributed by atoms with Gasteiger partial charge in [0.2, 0.25) is 0 Å². The maximum Gasteiger partial charge on any atom is 0.177 e. The zero-order chi connectivity index (χ0) is 12.3. The lowest BCUT2D eigenvalue weighted by atomic mass is 10.2. The Morgan fingerprint density at radius 3 is 2.71 bits per heavy atom. The topological polar surface area (TPSA) is 29.9 Å². The van der Waals surface area contributed by atoms with Gasteiger partial charge in [0.25, 0.3) is 0 Å². The summed E-state index contributed by atoms with van der Waals surface area (Å²) >= 11 is 8.68. The lowest BCUT2D eigenvalue weighted by Gasteiger charge is -2.07. The van der Waals surface area contributed by atoms with Gasteiger partial charge >= 0.3 is 0 Å². The van der Waals surface area contributed by atoms with E-state index in [1.807, 2.05) is 22.9 Å². The van der Waals surface area contributed by atoms with Crippen LogP contribution in [0, 0.1) is 4.77 Å². The van der Waals surface area contributed by atoms with E-state index in [1.54, 1.807) is 7.11 Å². The van der Waals surface area contributed by atoms with Crippen molar-refractivity contribution >= 4 is 28.1 Å². The maximum absolute atomic E-state index is 5.25. The average Bonchev–Trinajstić information content (AvgIpc) is 2.69. The molecule has 1 heterocycles. The number of benzene rings is 1. The van der Waals surface area contributed by atoms with Crippen LogP contribution in [-0.4, -0.2) is 23.3 Å².